The number of fused-ring (bicyclic) bond motifs is 1. The molecule has 39 heavy (non-hydrogen) atoms. The second-order valence-corrected chi connectivity index (χ2v) is 10.7. The van der Waals surface area contributed by atoms with E-state index in [1.165, 1.54) is 32.4 Å². The van der Waals surface area contributed by atoms with Crippen LogP contribution in [0.25, 0.3) is 28.2 Å². The lowest BCUT2D eigenvalue weighted by molar-refractivity contribution is -0.117. The topological polar surface area (TPSA) is 134 Å². The Morgan fingerprint density at radius 3 is 2.59 bits per heavy atom. The Labute approximate surface area is 224 Å². The number of pyridine rings is 1. The normalized spacial score (nSPS) is 11.7. The highest BCUT2D eigenvalue weighted by atomic mass is 32.2. The molecule has 0 fully saturated rings. The van der Waals surface area contributed by atoms with Gasteiger partial charge in [-0.05, 0) is 54.0 Å². The summed E-state index contributed by atoms with van der Waals surface area (Å²) in [6.07, 6.45) is 5.58. The molecule has 0 aliphatic carbocycles. The fraction of sp³-hybridized carbons (Fsp3) is 0.179. The molecule has 9 nitrogen and oxygen atoms in total. The number of ether oxygens (including phenoxy) is 2. The van der Waals surface area contributed by atoms with Gasteiger partial charge in [0, 0.05) is 41.7 Å². The monoisotopic (exact) mass is 548 g/mol. The predicted octanol–water partition coefficient (Wildman–Crippen LogP) is 4.32. The van der Waals surface area contributed by atoms with Crippen molar-refractivity contribution >= 4 is 32.9 Å². The van der Waals surface area contributed by atoms with Crippen LogP contribution in [-0.2, 0) is 21.2 Å². The van der Waals surface area contributed by atoms with E-state index >= 15 is 0 Å². The number of benzene rings is 2. The van der Waals surface area contributed by atoms with Gasteiger partial charge in [-0.25, -0.2) is 17.8 Å². The van der Waals surface area contributed by atoms with E-state index < -0.39 is 26.5 Å². The Bertz CT molecular complexity index is 1770. The molecule has 0 atom stereocenters. The van der Waals surface area contributed by atoms with Gasteiger partial charge in [-0.2, -0.15) is 5.26 Å². The number of nitrogens with zero attached hydrogens (tertiary/aromatic N) is 2. The third-order valence-corrected chi connectivity index (χ3v) is 7.31. The minimum absolute atomic E-state index is 0.123. The second kappa shape index (κ2) is 11.0. The van der Waals surface area contributed by atoms with Gasteiger partial charge in [-0.15, -0.1) is 0 Å². The van der Waals surface area contributed by atoms with Crippen molar-refractivity contribution < 1.29 is 27.1 Å². The lowest BCUT2D eigenvalue weighted by Crippen LogP contribution is -2.24. The maximum absolute atomic E-state index is 14.2. The summed E-state index contributed by atoms with van der Waals surface area (Å²) in [4.78, 5) is 19.9. The third-order valence-electron chi connectivity index (χ3n) is 6.20. The Hall–Kier alpha value is -4.69. The number of amides is 1. The average Bonchev–Trinajstić information content (AvgIpc) is 3.33. The molecule has 0 unspecified atom stereocenters. The average molecular weight is 549 g/mol. The standard InChI is InChI=1S/C28H25FN4O5S/c1-16-21(18-6-7-22(29)25(11-18)39(4,35)36)15-32-27-26(16)20(14-31-27)10-19(12-30)28(34)33-13-17-5-8-23(37-2)24(9-17)38-3/h5-11,14-15H,13H2,1-4H3,(H,31,32)(H,33,34)/b19-10+. The van der Waals surface area contributed by atoms with Crippen LogP contribution >= 0.6 is 0 Å². The van der Waals surface area contributed by atoms with Gasteiger partial charge in [0.2, 0.25) is 0 Å². The molecule has 0 spiro atoms. The van der Waals surface area contributed by atoms with E-state index in [-0.39, 0.29) is 12.1 Å². The van der Waals surface area contributed by atoms with Crippen LogP contribution < -0.4 is 14.8 Å². The first-order chi connectivity index (χ1) is 18.6. The molecule has 4 aromatic rings. The molecule has 0 saturated carbocycles. The maximum atomic E-state index is 14.2. The van der Waals surface area contributed by atoms with E-state index in [0.717, 1.165) is 17.9 Å². The minimum atomic E-state index is -3.78. The van der Waals surface area contributed by atoms with E-state index in [2.05, 4.69) is 15.3 Å². The summed E-state index contributed by atoms with van der Waals surface area (Å²) in [6, 6.07) is 11.0. The van der Waals surface area contributed by atoms with Crippen LogP contribution in [0.1, 0.15) is 16.7 Å². The number of H-pyrrole nitrogens is 1. The molecule has 2 heterocycles. The molecule has 0 aliphatic rings. The number of sulfone groups is 1. The number of carbonyl (C=O) groups is 1. The quantitative estimate of drug-likeness (QED) is 0.247. The fourth-order valence-corrected chi connectivity index (χ4v) is 4.98. The Kier molecular flexibility index (Phi) is 7.69. The lowest BCUT2D eigenvalue weighted by Gasteiger charge is -2.11. The van der Waals surface area contributed by atoms with Gasteiger partial charge in [0.1, 0.15) is 28.0 Å². The Morgan fingerprint density at radius 1 is 1.18 bits per heavy atom. The van der Waals surface area contributed by atoms with Crippen molar-refractivity contribution in [2.24, 2.45) is 0 Å². The summed E-state index contributed by atoms with van der Waals surface area (Å²) in [5, 5.41) is 13.1. The highest BCUT2D eigenvalue weighted by Crippen LogP contribution is 2.33. The molecule has 2 aromatic heterocycles. The highest BCUT2D eigenvalue weighted by Gasteiger charge is 2.18. The molecule has 0 aliphatic heterocycles. The van der Waals surface area contributed by atoms with E-state index in [4.69, 9.17) is 9.47 Å². The number of aryl methyl sites for hydroxylation is 1. The number of hydrogen-bond donors (Lipinski definition) is 2. The van der Waals surface area contributed by atoms with Gasteiger partial charge in [-0.3, -0.25) is 4.79 Å². The van der Waals surface area contributed by atoms with Crippen LogP contribution in [0.4, 0.5) is 4.39 Å². The number of nitrogens with one attached hydrogen (secondary N) is 2. The van der Waals surface area contributed by atoms with E-state index in [1.54, 1.807) is 37.5 Å². The van der Waals surface area contributed by atoms with Crippen molar-refractivity contribution in [3.05, 3.63) is 76.9 Å². The number of carbonyl (C=O) groups excluding carboxylic acids is 1. The first kappa shape index (κ1) is 27.3. The molecular formula is C28H25FN4O5S. The molecule has 200 valence electrons. The zero-order chi connectivity index (χ0) is 28.3. The summed E-state index contributed by atoms with van der Waals surface area (Å²) >= 11 is 0. The maximum Gasteiger partial charge on any atom is 0.262 e. The Morgan fingerprint density at radius 2 is 1.92 bits per heavy atom. The summed E-state index contributed by atoms with van der Waals surface area (Å²) in [5.74, 6) is -0.334. The number of hydrogen-bond acceptors (Lipinski definition) is 7. The zero-order valence-corrected chi connectivity index (χ0v) is 22.4. The summed E-state index contributed by atoms with van der Waals surface area (Å²) in [5.41, 5.74) is 3.44. The van der Waals surface area contributed by atoms with Crippen molar-refractivity contribution in [2.75, 3.05) is 20.5 Å². The second-order valence-electron chi connectivity index (χ2n) is 8.72. The zero-order valence-electron chi connectivity index (χ0n) is 21.6. The number of aromatic nitrogens is 2. The van der Waals surface area contributed by atoms with Crippen LogP contribution in [0, 0.1) is 24.1 Å². The van der Waals surface area contributed by atoms with Crippen LogP contribution in [0.3, 0.4) is 0 Å². The molecule has 0 saturated heterocycles. The number of aromatic amines is 1. The summed E-state index contributed by atoms with van der Waals surface area (Å²) in [7, 11) is -0.740. The van der Waals surface area contributed by atoms with Gasteiger partial charge in [0.05, 0.1) is 14.2 Å². The van der Waals surface area contributed by atoms with Gasteiger partial charge >= 0.3 is 0 Å². The van der Waals surface area contributed by atoms with Crippen LogP contribution in [-0.4, -0.2) is 44.8 Å². The van der Waals surface area contributed by atoms with Gasteiger partial charge < -0.3 is 19.8 Å². The van der Waals surface area contributed by atoms with Crippen molar-refractivity contribution in [1.82, 2.24) is 15.3 Å². The van der Waals surface area contributed by atoms with Crippen LogP contribution in [0.15, 0.2) is 59.3 Å². The van der Waals surface area contributed by atoms with Crippen molar-refractivity contribution in [3.8, 4) is 28.7 Å². The first-order valence-electron chi connectivity index (χ1n) is 11.6. The number of rotatable bonds is 8. The van der Waals surface area contributed by atoms with Crippen molar-refractivity contribution in [1.29, 1.82) is 5.26 Å². The molecular weight excluding hydrogens is 523 g/mol. The largest absolute Gasteiger partial charge is 0.493 e. The molecule has 2 aromatic carbocycles. The highest BCUT2D eigenvalue weighted by molar-refractivity contribution is 7.90. The van der Waals surface area contributed by atoms with Crippen LogP contribution in [0.5, 0.6) is 11.5 Å². The van der Waals surface area contributed by atoms with E-state index in [9.17, 15) is 22.9 Å². The van der Waals surface area contributed by atoms with Crippen LogP contribution in [0.2, 0.25) is 0 Å². The van der Waals surface area contributed by atoms with Gasteiger partial charge in [0.25, 0.3) is 5.91 Å². The van der Waals surface area contributed by atoms with Gasteiger partial charge in [-0.1, -0.05) is 12.1 Å². The fourth-order valence-electron chi connectivity index (χ4n) is 4.22. The Balaban J connectivity index is 1.66. The molecule has 2 N–H and O–H groups in total. The molecule has 11 heteroatoms. The molecule has 4 rings (SSSR count). The molecule has 0 bridgehead atoms. The van der Waals surface area contributed by atoms with Gasteiger partial charge in [0.15, 0.2) is 21.3 Å². The third kappa shape index (κ3) is 5.61. The predicted molar refractivity (Wildman–Crippen MR) is 144 cm³/mol. The summed E-state index contributed by atoms with van der Waals surface area (Å²) < 4.78 is 48.7. The van der Waals surface area contributed by atoms with Crippen molar-refractivity contribution in [3.63, 3.8) is 0 Å². The minimum Gasteiger partial charge on any atom is -0.493 e. The molecule has 0 radical (unpaired) electrons. The number of nitriles is 1. The molecule has 1 amide bonds. The first-order valence-corrected chi connectivity index (χ1v) is 13.5. The number of halogens is 1. The van der Waals surface area contributed by atoms with Crippen molar-refractivity contribution in [2.45, 2.75) is 18.4 Å². The summed E-state index contributed by atoms with van der Waals surface area (Å²) in [6.45, 7) is 1.96. The SMILES string of the molecule is COc1ccc(CNC(=O)/C(C#N)=C/c2c[nH]c3ncc(-c4ccc(F)c(S(C)(=O)=O)c4)c(C)c23)cc1OC. The number of methoxy groups -OCH3 is 2. The van der Waals surface area contributed by atoms with E-state index in [0.29, 0.717) is 44.8 Å². The van der Waals surface area contributed by atoms with E-state index in [1.807, 2.05) is 6.07 Å². The smallest absolute Gasteiger partial charge is 0.262 e. The lowest BCUT2D eigenvalue weighted by atomic mass is 9.98.